The van der Waals surface area contributed by atoms with E-state index >= 15 is 0 Å². The van der Waals surface area contributed by atoms with Gasteiger partial charge in [-0.2, -0.15) is 18.3 Å². The molecule has 0 bridgehead atoms. The largest absolute Gasteiger partial charge is 0.416 e. The van der Waals surface area contributed by atoms with E-state index < -0.39 is 17.6 Å². The van der Waals surface area contributed by atoms with E-state index in [4.69, 9.17) is 10.8 Å². The summed E-state index contributed by atoms with van der Waals surface area (Å²) in [5, 5.41) is 4.77. The van der Waals surface area contributed by atoms with Gasteiger partial charge in [0.2, 0.25) is 5.91 Å². The van der Waals surface area contributed by atoms with Crippen LogP contribution in [0, 0.1) is 12.8 Å². The van der Waals surface area contributed by atoms with Crippen molar-refractivity contribution in [3.63, 3.8) is 0 Å². The van der Waals surface area contributed by atoms with Gasteiger partial charge in [0.15, 0.2) is 0 Å². The highest BCUT2D eigenvalue weighted by Crippen LogP contribution is 2.39. The van der Waals surface area contributed by atoms with Crippen molar-refractivity contribution in [1.82, 2.24) is 9.78 Å². The van der Waals surface area contributed by atoms with E-state index in [0.29, 0.717) is 11.5 Å². The van der Waals surface area contributed by atoms with Crippen molar-refractivity contribution in [3.8, 4) is 11.3 Å². The molecule has 7 heteroatoms. The van der Waals surface area contributed by atoms with Crippen LogP contribution in [0.15, 0.2) is 54.6 Å². The molecule has 0 spiro atoms. The van der Waals surface area contributed by atoms with Crippen molar-refractivity contribution < 1.29 is 18.0 Å². The molecule has 1 amide bonds. The van der Waals surface area contributed by atoms with Crippen LogP contribution in [0.25, 0.3) is 11.3 Å². The molecule has 1 fully saturated rings. The second-order valence-corrected chi connectivity index (χ2v) is 8.60. The Morgan fingerprint density at radius 1 is 1.06 bits per heavy atom. The van der Waals surface area contributed by atoms with Crippen LogP contribution < -0.4 is 5.73 Å². The van der Waals surface area contributed by atoms with E-state index in [2.05, 4.69) is 6.07 Å². The fourth-order valence-corrected chi connectivity index (χ4v) is 4.65. The summed E-state index contributed by atoms with van der Waals surface area (Å²) in [5.74, 6) is -0.344. The number of aromatic nitrogens is 2. The smallest absolute Gasteiger partial charge is 0.366 e. The molecule has 0 aliphatic heterocycles. The van der Waals surface area contributed by atoms with Crippen molar-refractivity contribution in [2.45, 2.75) is 51.2 Å². The van der Waals surface area contributed by atoms with Crippen LogP contribution in [-0.4, -0.2) is 15.7 Å². The average molecular weight is 441 g/mol. The number of nitrogens with zero attached hydrogens (tertiary/aromatic N) is 2. The van der Waals surface area contributed by atoms with Gasteiger partial charge >= 0.3 is 6.18 Å². The molecule has 1 aromatic heterocycles. The molecule has 3 aromatic rings. The number of alkyl halides is 3. The quantitative estimate of drug-likeness (QED) is 0.532. The molecule has 4 rings (SSSR count). The van der Waals surface area contributed by atoms with Crippen LogP contribution in [0.2, 0.25) is 0 Å². The summed E-state index contributed by atoms with van der Waals surface area (Å²) in [7, 11) is 0. The highest BCUT2D eigenvalue weighted by Gasteiger charge is 2.33. The van der Waals surface area contributed by atoms with E-state index in [1.165, 1.54) is 6.07 Å². The lowest BCUT2D eigenvalue weighted by Gasteiger charge is -2.30. The van der Waals surface area contributed by atoms with Crippen LogP contribution in [0.3, 0.4) is 0 Å². The van der Waals surface area contributed by atoms with E-state index in [0.717, 1.165) is 61.3 Å². The number of nitrogens with two attached hydrogens (primary N) is 1. The maximum absolute atomic E-state index is 13.0. The number of amides is 1. The molecule has 1 heterocycles. The second-order valence-electron chi connectivity index (χ2n) is 8.60. The van der Waals surface area contributed by atoms with Gasteiger partial charge in [0.05, 0.1) is 11.3 Å². The van der Waals surface area contributed by atoms with Gasteiger partial charge in [0.25, 0.3) is 0 Å². The molecule has 2 N–H and O–H groups in total. The van der Waals surface area contributed by atoms with Crippen molar-refractivity contribution in [1.29, 1.82) is 0 Å². The molecule has 0 unspecified atom stereocenters. The standard InChI is InChI=1S/C25H26F3N3O/c1-16-13-23(19-5-3-2-4-6-19)30-31(16)15-17-7-9-18(10-8-17)21-12-11-20(25(26,27)28)14-22(21)24(29)32/h2-6,11-14,17-18H,7-10,15H2,1H3,(H2,29,32). The number of hydrogen-bond acceptors (Lipinski definition) is 2. The Hall–Kier alpha value is -3.09. The van der Waals surface area contributed by atoms with Gasteiger partial charge in [-0.15, -0.1) is 0 Å². The summed E-state index contributed by atoms with van der Waals surface area (Å²) in [6.07, 6.45) is -1.04. The molecule has 1 aliphatic carbocycles. The third-order valence-corrected chi connectivity index (χ3v) is 6.41. The van der Waals surface area contributed by atoms with Crippen LogP contribution in [0.5, 0.6) is 0 Å². The molecular formula is C25H26F3N3O. The lowest BCUT2D eigenvalue weighted by atomic mass is 9.77. The van der Waals surface area contributed by atoms with Crippen molar-refractivity contribution in [3.05, 3.63) is 77.0 Å². The van der Waals surface area contributed by atoms with Crippen LogP contribution in [0.1, 0.15) is 58.8 Å². The molecule has 32 heavy (non-hydrogen) atoms. The number of carbonyl (C=O) groups is 1. The Kier molecular flexibility index (Phi) is 6.09. The second kappa shape index (κ2) is 8.81. The van der Waals surface area contributed by atoms with Crippen LogP contribution in [0.4, 0.5) is 13.2 Å². The van der Waals surface area contributed by atoms with E-state index in [1.54, 1.807) is 0 Å². The summed E-state index contributed by atoms with van der Waals surface area (Å²) in [6, 6.07) is 15.5. The molecule has 1 aliphatic rings. The predicted octanol–water partition coefficient (Wildman–Crippen LogP) is 5.95. The Bertz CT molecular complexity index is 1100. The average Bonchev–Trinajstić information content (AvgIpc) is 3.14. The van der Waals surface area contributed by atoms with Gasteiger partial charge in [-0.3, -0.25) is 9.48 Å². The molecule has 168 valence electrons. The SMILES string of the molecule is Cc1cc(-c2ccccc2)nn1CC1CCC(c2ccc(C(F)(F)F)cc2C(N)=O)CC1. The molecule has 0 atom stereocenters. The third kappa shape index (κ3) is 4.71. The lowest BCUT2D eigenvalue weighted by molar-refractivity contribution is -0.137. The third-order valence-electron chi connectivity index (χ3n) is 6.41. The highest BCUT2D eigenvalue weighted by molar-refractivity contribution is 5.94. The van der Waals surface area contributed by atoms with Crippen molar-refractivity contribution >= 4 is 5.91 Å². The zero-order chi connectivity index (χ0) is 22.9. The number of carbonyl (C=O) groups excluding carboxylic acids is 1. The number of hydrogen-bond donors (Lipinski definition) is 1. The zero-order valence-electron chi connectivity index (χ0n) is 17.9. The Labute approximate surface area is 185 Å². The molecule has 0 saturated heterocycles. The predicted molar refractivity (Wildman–Crippen MR) is 117 cm³/mol. The number of benzene rings is 2. The Morgan fingerprint density at radius 2 is 1.75 bits per heavy atom. The van der Waals surface area contributed by atoms with E-state index in [9.17, 15) is 18.0 Å². The first-order valence-corrected chi connectivity index (χ1v) is 10.8. The van der Waals surface area contributed by atoms with Gasteiger partial charge in [0.1, 0.15) is 0 Å². The summed E-state index contributed by atoms with van der Waals surface area (Å²) >= 11 is 0. The molecule has 0 radical (unpaired) electrons. The Balaban J connectivity index is 1.44. The number of halogens is 3. The first-order valence-electron chi connectivity index (χ1n) is 10.8. The normalized spacial score (nSPS) is 19.1. The van der Waals surface area contributed by atoms with Crippen LogP contribution >= 0.6 is 0 Å². The first-order chi connectivity index (χ1) is 15.2. The van der Waals surface area contributed by atoms with E-state index in [-0.39, 0.29) is 11.5 Å². The number of primary amides is 1. The van der Waals surface area contributed by atoms with Gasteiger partial charge < -0.3 is 5.73 Å². The summed E-state index contributed by atoms with van der Waals surface area (Å²) in [6.45, 7) is 2.85. The van der Waals surface area contributed by atoms with Crippen molar-refractivity contribution in [2.75, 3.05) is 0 Å². The summed E-state index contributed by atoms with van der Waals surface area (Å²) in [5.41, 5.74) is 8.32. The fraction of sp³-hybridized carbons (Fsp3) is 0.360. The minimum Gasteiger partial charge on any atom is -0.366 e. The van der Waals surface area contributed by atoms with Gasteiger partial charge in [-0.1, -0.05) is 36.4 Å². The minimum absolute atomic E-state index is 0.0151. The van der Waals surface area contributed by atoms with Gasteiger partial charge in [-0.25, -0.2) is 0 Å². The minimum atomic E-state index is -4.50. The van der Waals surface area contributed by atoms with Gasteiger partial charge in [0, 0.05) is 23.4 Å². The monoisotopic (exact) mass is 441 g/mol. The topological polar surface area (TPSA) is 60.9 Å². The highest BCUT2D eigenvalue weighted by atomic mass is 19.4. The van der Waals surface area contributed by atoms with E-state index in [1.807, 2.05) is 41.9 Å². The maximum Gasteiger partial charge on any atom is 0.416 e. The molecule has 4 nitrogen and oxygen atoms in total. The first kappa shape index (κ1) is 22.1. The number of aryl methyl sites for hydroxylation is 1. The molecule has 1 saturated carbocycles. The summed E-state index contributed by atoms with van der Waals surface area (Å²) < 4.78 is 41.2. The molecule has 2 aromatic carbocycles. The number of rotatable bonds is 5. The molecular weight excluding hydrogens is 415 g/mol. The zero-order valence-corrected chi connectivity index (χ0v) is 17.9. The Morgan fingerprint density at radius 3 is 2.38 bits per heavy atom. The maximum atomic E-state index is 13.0. The van der Waals surface area contributed by atoms with Crippen molar-refractivity contribution in [2.24, 2.45) is 11.7 Å². The van der Waals surface area contributed by atoms with Gasteiger partial charge in [-0.05, 0) is 68.2 Å². The summed E-state index contributed by atoms with van der Waals surface area (Å²) in [4.78, 5) is 11.8. The van der Waals surface area contributed by atoms with Crippen LogP contribution in [-0.2, 0) is 12.7 Å². The lowest BCUT2D eigenvalue weighted by Crippen LogP contribution is -2.22. The fourth-order valence-electron chi connectivity index (χ4n) is 4.65.